The van der Waals surface area contributed by atoms with Crippen molar-refractivity contribution in [3.05, 3.63) is 47.1 Å². The van der Waals surface area contributed by atoms with Crippen LogP contribution in [0.1, 0.15) is 47.5 Å². The average Bonchev–Trinajstić information content (AvgIpc) is 2.34. The van der Waals surface area contributed by atoms with Crippen molar-refractivity contribution in [2.75, 3.05) is 0 Å². The minimum atomic E-state index is 0.0979. The van der Waals surface area contributed by atoms with E-state index in [0.717, 1.165) is 40.7 Å². The number of allylic oxidation sites excluding steroid dienone is 6. The molecule has 1 heteroatoms. The maximum Gasteiger partial charge on any atom is 0.185 e. The minimum absolute atomic E-state index is 0.0979. The van der Waals surface area contributed by atoms with Gasteiger partial charge in [0.2, 0.25) is 0 Å². The lowest BCUT2D eigenvalue weighted by Gasteiger charge is -2.26. The maximum absolute atomic E-state index is 12.1. The van der Waals surface area contributed by atoms with E-state index in [0.29, 0.717) is 0 Å². The van der Waals surface area contributed by atoms with E-state index in [1.165, 1.54) is 0 Å². The van der Waals surface area contributed by atoms with Crippen molar-refractivity contribution in [1.29, 1.82) is 0 Å². The molecule has 1 aliphatic carbocycles. The fourth-order valence-electron chi connectivity index (χ4n) is 2.16. The molecule has 0 saturated carbocycles. The van der Waals surface area contributed by atoms with E-state index in [4.69, 9.17) is 0 Å². The molecule has 0 spiro atoms. The molecule has 0 aromatic heterocycles. The zero-order valence-electron chi connectivity index (χ0n) is 12.3. The van der Waals surface area contributed by atoms with Gasteiger partial charge in [-0.25, -0.2) is 0 Å². The van der Waals surface area contributed by atoms with Crippen LogP contribution >= 0.6 is 0 Å². The lowest BCUT2D eigenvalue weighted by Crippen LogP contribution is -2.16. The van der Waals surface area contributed by atoms with Gasteiger partial charge in [-0.05, 0) is 55.7 Å². The Morgan fingerprint density at radius 3 is 2.17 bits per heavy atom. The molecular formula is C17H24O. The van der Waals surface area contributed by atoms with Crippen molar-refractivity contribution >= 4 is 5.78 Å². The van der Waals surface area contributed by atoms with Gasteiger partial charge < -0.3 is 0 Å². The number of Topliss-reactive ketones (excluding diaryl/α,β-unsaturated/α-hetero) is 1. The van der Waals surface area contributed by atoms with E-state index in [-0.39, 0.29) is 11.2 Å². The average molecular weight is 244 g/mol. The van der Waals surface area contributed by atoms with Gasteiger partial charge >= 0.3 is 0 Å². The molecule has 0 aliphatic heterocycles. The van der Waals surface area contributed by atoms with Gasteiger partial charge in [-0.3, -0.25) is 4.79 Å². The fraction of sp³-hybridized carbons (Fsp3) is 0.471. The van der Waals surface area contributed by atoms with Gasteiger partial charge in [0.1, 0.15) is 0 Å². The Morgan fingerprint density at radius 2 is 1.67 bits per heavy atom. The molecule has 0 bridgehead atoms. The van der Waals surface area contributed by atoms with Gasteiger partial charge in [-0.2, -0.15) is 0 Å². The Hall–Kier alpha value is -1.37. The first-order valence-corrected chi connectivity index (χ1v) is 6.46. The second-order valence-corrected chi connectivity index (χ2v) is 5.85. The zero-order valence-corrected chi connectivity index (χ0v) is 12.3. The first-order valence-electron chi connectivity index (χ1n) is 6.46. The van der Waals surface area contributed by atoms with Crippen molar-refractivity contribution in [2.45, 2.75) is 47.5 Å². The lowest BCUT2D eigenvalue weighted by atomic mass is 9.78. The third-order valence-corrected chi connectivity index (χ3v) is 4.09. The van der Waals surface area contributed by atoms with E-state index in [1.54, 1.807) is 0 Å². The second kappa shape index (κ2) is 5.09. The molecule has 0 aromatic rings. The lowest BCUT2D eigenvalue weighted by molar-refractivity contribution is -0.112. The highest BCUT2D eigenvalue weighted by molar-refractivity contribution is 6.11. The number of hydrogen-bond donors (Lipinski definition) is 0. The molecule has 0 saturated heterocycles. The summed E-state index contributed by atoms with van der Waals surface area (Å²) in [5, 5.41) is 0. The zero-order chi connectivity index (χ0) is 14.1. The third-order valence-electron chi connectivity index (χ3n) is 4.09. The quantitative estimate of drug-likeness (QED) is 0.651. The molecule has 0 amide bonds. The molecule has 1 rings (SSSR count). The minimum Gasteiger partial charge on any atom is -0.289 e. The predicted molar refractivity (Wildman–Crippen MR) is 78.4 cm³/mol. The van der Waals surface area contributed by atoms with Crippen molar-refractivity contribution in [1.82, 2.24) is 0 Å². The first-order chi connectivity index (χ1) is 8.21. The number of hydrogen-bond acceptors (Lipinski definition) is 1. The highest BCUT2D eigenvalue weighted by atomic mass is 16.1. The largest absolute Gasteiger partial charge is 0.289 e. The number of carbonyl (C=O) groups is 1. The molecule has 0 N–H and O–H groups in total. The van der Waals surface area contributed by atoms with Crippen molar-refractivity contribution < 1.29 is 4.79 Å². The van der Waals surface area contributed by atoms with Crippen LogP contribution in [0, 0.1) is 5.41 Å². The van der Waals surface area contributed by atoms with Crippen LogP contribution in [-0.4, -0.2) is 5.78 Å². The van der Waals surface area contributed by atoms with Gasteiger partial charge in [0.05, 0.1) is 0 Å². The van der Waals surface area contributed by atoms with E-state index in [9.17, 15) is 4.79 Å². The molecule has 0 unspecified atom stereocenters. The Labute approximate surface area is 111 Å². The monoisotopic (exact) mass is 244 g/mol. The molecule has 0 atom stereocenters. The van der Waals surface area contributed by atoms with E-state index in [2.05, 4.69) is 27.0 Å². The van der Waals surface area contributed by atoms with Crippen LogP contribution in [0.25, 0.3) is 0 Å². The van der Waals surface area contributed by atoms with Crippen molar-refractivity contribution in [3.8, 4) is 0 Å². The molecule has 1 nitrogen and oxygen atoms in total. The summed E-state index contributed by atoms with van der Waals surface area (Å²) in [4.78, 5) is 12.1. The number of rotatable bonds is 4. The van der Waals surface area contributed by atoms with Crippen LogP contribution in [0.5, 0.6) is 0 Å². The fourth-order valence-corrected chi connectivity index (χ4v) is 2.16. The molecule has 18 heavy (non-hydrogen) atoms. The van der Waals surface area contributed by atoms with Gasteiger partial charge in [0.15, 0.2) is 5.78 Å². The van der Waals surface area contributed by atoms with Crippen molar-refractivity contribution in [3.63, 3.8) is 0 Å². The Kier molecular flexibility index (Phi) is 4.16. The van der Waals surface area contributed by atoms with Crippen LogP contribution in [0.2, 0.25) is 0 Å². The smallest absolute Gasteiger partial charge is 0.185 e. The van der Waals surface area contributed by atoms with Gasteiger partial charge in [-0.15, -0.1) is 6.58 Å². The number of ketones is 1. The number of carbonyl (C=O) groups excluding carboxylic acids is 1. The summed E-state index contributed by atoms with van der Waals surface area (Å²) in [6.45, 7) is 18.1. The highest BCUT2D eigenvalue weighted by Gasteiger charge is 2.24. The summed E-state index contributed by atoms with van der Waals surface area (Å²) < 4.78 is 0. The molecule has 98 valence electrons. The van der Waals surface area contributed by atoms with Crippen LogP contribution in [0.15, 0.2) is 47.1 Å². The first kappa shape index (κ1) is 14.7. The van der Waals surface area contributed by atoms with E-state index in [1.807, 2.05) is 26.8 Å². The molecular weight excluding hydrogens is 220 g/mol. The van der Waals surface area contributed by atoms with Crippen LogP contribution in [0.4, 0.5) is 0 Å². The Morgan fingerprint density at radius 1 is 1.11 bits per heavy atom. The summed E-state index contributed by atoms with van der Waals surface area (Å²) >= 11 is 0. The van der Waals surface area contributed by atoms with Gasteiger partial charge in [0, 0.05) is 11.1 Å². The summed E-state index contributed by atoms with van der Waals surface area (Å²) in [6.07, 6.45) is 3.85. The van der Waals surface area contributed by atoms with Gasteiger partial charge in [0.25, 0.3) is 0 Å². The van der Waals surface area contributed by atoms with Crippen LogP contribution < -0.4 is 0 Å². The topological polar surface area (TPSA) is 17.1 Å². The highest BCUT2D eigenvalue weighted by Crippen LogP contribution is 2.36. The Balaban J connectivity index is 2.99. The third kappa shape index (κ3) is 2.72. The molecule has 0 aromatic carbocycles. The molecule has 1 aliphatic rings. The Bertz CT molecular complexity index is 470. The summed E-state index contributed by atoms with van der Waals surface area (Å²) in [5.41, 5.74) is 4.99. The summed E-state index contributed by atoms with van der Waals surface area (Å²) in [6, 6.07) is 0. The molecule has 0 radical (unpaired) electrons. The maximum atomic E-state index is 12.1. The van der Waals surface area contributed by atoms with Crippen LogP contribution in [0.3, 0.4) is 0 Å². The molecule has 0 heterocycles. The van der Waals surface area contributed by atoms with Gasteiger partial charge in [-0.1, -0.05) is 26.5 Å². The molecule has 0 fully saturated rings. The normalized spacial score (nSPS) is 17.6. The van der Waals surface area contributed by atoms with E-state index >= 15 is 0 Å². The SMILES string of the molecule is C=CC(C)(C)CCC1=C(C)C(=O)C(C)=C(C)C1=C. The van der Waals surface area contributed by atoms with E-state index < -0.39 is 0 Å². The van der Waals surface area contributed by atoms with Crippen molar-refractivity contribution in [2.24, 2.45) is 5.41 Å². The predicted octanol–water partition coefficient (Wildman–Crippen LogP) is 4.77. The standard InChI is InChI=1S/C17H24O/c1-8-17(6,7)10-9-15-12(3)11(2)13(4)16(18)14(15)5/h8H,1,3,9-10H2,2,4-7H3. The van der Waals surface area contributed by atoms with Crippen LogP contribution in [-0.2, 0) is 4.79 Å². The second-order valence-electron chi connectivity index (χ2n) is 5.85. The summed E-state index contributed by atoms with van der Waals surface area (Å²) in [7, 11) is 0. The summed E-state index contributed by atoms with van der Waals surface area (Å²) in [5.74, 6) is 0.173.